The molecule has 0 heterocycles. The lowest BCUT2D eigenvalue weighted by Gasteiger charge is -2.07. The van der Waals surface area contributed by atoms with Gasteiger partial charge in [0.2, 0.25) is 15.9 Å². The molecule has 26 heavy (non-hydrogen) atoms. The highest BCUT2D eigenvalue weighted by Gasteiger charge is 2.07. The predicted octanol–water partition coefficient (Wildman–Crippen LogP) is 3.31. The number of anilines is 2. The minimum Gasteiger partial charge on any atom is -0.434 e. The van der Waals surface area contributed by atoms with E-state index in [2.05, 4.69) is 14.8 Å². The van der Waals surface area contributed by atoms with Crippen LogP contribution in [0.3, 0.4) is 0 Å². The van der Waals surface area contributed by atoms with Crippen LogP contribution >= 0.6 is 0 Å². The van der Waals surface area contributed by atoms with Crippen molar-refractivity contribution in [1.29, 1.82) is 0 Å². The summed E-state index contributed by atoms with van der Waals surface area (Å²) in [6.45, 7) is -2.96. The van der Waals surface area contributed by atoms with Crippen molar-refractivity contribution in [3.63, 3.8) is 0 Å². The molecule has 0 radical (unpaired) electrons. The number of sulfonamides is 1. The molecule has 2 aromatic carbocycles. The molecule has 138 valence electrons. The lowest BCUT2D eigenvalue weighted by atomic mass is 10.2. The van der Waals surface area contributed by atoms with Crippen molar-refractivity contribution in [2.24, 2.45) is 0 Å². The Hall–Kier alpha value is -2.94. The fourth-order valence-corrected chi connectivity index (χ4v) is 2.57. The van der Waals surface area contributed by atoms with Crippen LogP contribution in [-0.2, 0) is 14.8 Å². The number of hydrogen-bond donors (Lipinski definition) is 2. The van der Waals surface area contributed by atoms with Crippen LogP contribution in [0.25, 0.3) is 6.08 Å². The third-order valence-corrected chi connectivity index (χ3v) is 3.61. The summed E-state index contributed by atoms with van der Waals surface area (Å²) in [7, 11) is -3.38. The van der Waals surface area contributed by atoms with Gasteiger partial charge in [-0.2, -0.15) is 8.78 Å². The Kier molecular flexibility index (Phi) is 6.29. The molecule has 0 spiro atoms. The molecule has 2 N–H and O–H groups in total. The number of halogens is 2. The number of hydrogen-bond acceptors (Lipinski definition) is 4. The minimum atomic E-state index is -3.38. The van der Waals surface area contributed by atoms with Crippen molar-refractivity contribution < 1.29 is 26.7 Å². The molecule has 2 aromatic rings. The van der Waals surface area contributed by atoms with Gasteiger partial charge in [-0.15, -0.1) is 0 Å². The normalized spacial score (nSPS) is 11.5. The smallest absolute Gasteiger partial charge is 0.387 e. The molecule has 0 bridgehead atoms. The minimum absolute atomic E-state index is 0.0391. The van der Waals surface area contributed by atoms with Crippen molar-refractivity contribution in [3.8, 4) is 5.75 Å². The summed E-state index contributed by atoms with van der Waals surface area (Å²) >= 11 is 0. The Morgan fingerprint density at radius 3 is 2.31 bits per heavy atom. The standard InChI is InChI=1S/C17H16F2N2O4S/c1-26(23,24)21-14-9-7-13(8-10-14)20-16(22)11-6-12-4-2-3-5-15(12)25-17(18)19/h2-11,17,21H,1H3,(H,20,22)/b11-6+. The maximum atomic E-state index is 12.4. The second kappa shape index (κ2) is 8.43. The first-order valence-electron chi connectivity index (χ1n) is 7.34. The van der Waals surface area contributed by atoms with Crippen molar-refractivity contribution >= 4 is 33.4 Å². The van der Waals surface area contributed by atoms with Crippen molar-refractivity contribution in [2.75, 3.05) is 16.3 Å². The lowest BCUT2D eigenvalue weighted by molar-refractivity contribution is -0.111. The molecular formula is C17H16F2N2O4S. The summed E-state index contributed by atoms with van der Waals surface area (Å²) < 4.78 is 53.6. The van der Waals surface area contributed by atoms with Gasteiger partial charge in [0, 0.05) is 23.0 Å². The zero-order valence-corrected chi connectivity index (χ0v) is 14.5. The van der Waals surface area contributed by atoms with Crippen LogP contribution < -0.4 is 14.8 Å². The summed E-state index contributed by atoms with van der Waals surface area (Å²) in [4.78, 5) is 11.9. The molecule has 0 aliphatic heterocycles. The largest absolute Gasteiger partial charge is 0.434 e. The van der Waals surface area contributed by atoms with Gasteiger partial charge >= 0.3 is 6.61 Å². The van der Waals surface area contributed by atoms with Gasteiger partial charge in [-0.05, 0) is 36.4 Å². The monoisotopic (exact) mass is 382 g/mol. The van der Waals surface area contributed by atoms with Crippen LogP contribution in [0.1, 0.15) is 5.56 Å². The van der Waals surface area contributed by atoms with E-state index in [0.717, 1.165) is 6.26 Å². The van der Waals surface area contributed by atoms with Gasteiger partial charge < -0.3 is 10.1 Å². The van der Waals surface area contributed by atoms with Gasteiger partial charge in [0.05, 0.1) is 6.26 Å². The van der Waals surface area contributed by atoms with E-state index >= 15 is 0 Å². The number of alkyl halides is 2. The third-order valence-electron chi connectivity index (χ3n) is 3.01. The number of benzene rings is 2. The molecule has 0 unspecified atom stereocenters. The summed E-state index contributed by atoms with van der Waals surface area (Å²) in [5, 5.41) is 2.57. The Morgan fingerprint density at radius 1 is 1.08 bits per heavy atom. The molecule has 1 amide bonds. The summed E-state index contributed by atoms with van der Waals surface area (Å²) in [6, 6.07) is 12.1. The molecule has 2 rings (SSSR count). The van der Waals surface area contributed by atoms with Crippen molar-refractivity contribution in [2.45, 2.75) is 6.61 Å². The molecule has 0 saturated heterocycles. The van der Waals surface area contributed by atoms with Crippen LogP contribution in [0.15, 0.2) is 54.6 Å². The van der Waals surface area contributed by atoms with Gasteiger partial charge in [-0.1, -0.05) is 18.2 Å². The molecule has 0 aliphatic carbocycles. The first-order chi connectivity index (χ1) is 12.2. The van der Waals surface area contributed by atoms with Crippen molar-refractivity contribution in [1.82, 2.24) is 0 Å². The van der Waals surface area contributed by atoms with Crippen LogP contribution in [0.5, 0.6) is 5.75 Å². The van der Waals surface area contributed by atoms with E-state index in [-0.39, 0.29) is 5.75 Å². The third kappa shape index (κ3) is 6.52. The number of rotatable bonds is 7. The van der Waals surface area contributed by atoms with E-state index in [0.29, 0.717) is 16.9 Å². The second-order valence-corrected chi connectivity index (χ2v) is 6.94. The molecule has 9 heteroatoms. The first kappa shape index (κ1) is 19.4. The number of para-hydroxylation sites is 1. The average Bonchev–Trinajstić information content (AvgIpc) is 2.54. The van der Waals surface area contributed by atoms with E-state index < -0.39 is 22.5 Å². The number of carbonyl (C=O) groups is 1. The fourth-order valence-electron chi connectivity index (χ4n) is 2.01. The van der Waals surface area contributed by atoms with Crippen LogP contribution in [0, 0.1) is 0 Å². The summed E-state index contributed by atoms with van der Waals surface area (Å²) in [5.74, 6) is -0.525. The maximum Gasteiger partial charge on any atom is 0.387 e. The highest BCUT2D eigenvalue weighted by atomic mass is 32.2. The zero-order chi connectivity index (χ0) is 19.2. The van der Waals surface area contributed by atoms with E-state index in [1.807, 2.05) is 0 Å². The van der Waals surface area contributed by atoms with E-state index in [9.17, 15) is 22.0 Å². The zero-order valence-electron chi connectivity index (χ0n) is 13.6. The first-order valence-corrected chi connectivity index (χ1v) is 9.23. The Labute approximate surface area is 149 Å². The maximum absolute atomic E-state index is 12.4. The number of nitrogens with one attached hydrogen (secondary N) is 2. The van der Waals surface area contributed by atoms with Crippen LogP contribution in [-0.4, -0.2) is 27.2 Å². The van der Waals surface area contributed by atoms with Crippen molar-refractivity contribution in [3.05, 3.63) is 60.2 Å². The second-order valence-electron chi connectivity index (χ2n) is 5.19. The number of amides is 1. The number of ether oxygens (including phenoxy) is 1. The average molecular weight is 382 g/mol. The Bertz CT molecular complexity index is 897. The highest BCUT2D eigenvalue weighted by Crippen LogP contribution is 2.21. The molecule has 0 fully saturated rings. The van der Waals surface area contributed by atoms with Gasteiger partial charge in [-0.25, -0.2) is 8.42 Å². The summed E-state index contributed by atoms with van der Waals surface area (Å²) in [5.41, 5.74) is 1.13. The Morgan fingerprint density at radius 2 is 1.69 bits per heavy atom. The molecule has 6 nitrogen and oxygen atoms in total. The molecule has 0 atom stereocenters. The lowest BCUT2D eigenvalue weighted by Crippen LogP contribution is -2.10. The number of carbonyl (C=O) groups excluding carboxylic acids is 1. The molecule has 0 aromatic heterocycles. The molecular weight excluding hydrogens is 366 g/mol. The molecule has 0 saturated carbocycles. The van der Waals surface area contributed by atoms with Crippen LogP contribution in [0.2, 0.25) is 0 Å². The topological polar surface area (TPSA) is 84.5 Å². The van der Waals surface area contributed by atoms with Crippen LogP contribution in [0.4, 0.5) is 20.2 Å². The predicted molar refractivity (Wildman–Crippen MR) is 95.6 cm³/mol. The molecule has 0 aliphatic rings. The fraction of sp³-hybridized carbons (Fsp3) is 0.118. The SMILES string of the molecule is CS(=O)(=O)Nc1ccc(NC(=O)/C=C/c2ccccc2OC(F)F)cc1. The van der Waals surface area contributed by atoms with E-state index in [4.69, 9.17) is 0 Å². The van der Waals surface area contributed by atoms with Gasteiger partial charge in [0.1, 0.15) is 5.75 Å². The quantitative estimate of drug-likeness (QED) is 0.720. The highest BCUT2D eigenvalue weighted by molar-refractivity contribution is 7.92. The van der Waals surface area contributed by atoms with Gasteiger partial charge in [0.25, 0.3) is 0 Å². The Balaban J connectivity index is 2.02. The summed E-state index contributed by atoms with van der Waals surface area (Å²) in [6.07, 6.45) is 3.56. The van der Waals surface area contributed by atoms with E-state index in [1.54, 1.807) is 12.1 Å². The van der Waals surface area contributed by atoms with E-state index in [1.165, 1.54) is 48.6 Å². The van der Waals surface area contributed by atoms with Gasteiger partial charge in [-0.3, -0.25) is 9.52 Å². The van der Waals surface area contributed by atoms with Gasteiger partial charge in [0.15, 0.2) is 0 Å².